The largest absolute Gasteiger partial charge is 0.325 e. The number of amides is 2. The van der Waals surface area contributed by atoms with E-state index in [4.69, 9.17) is 0 Å². The molecule has 5 nitrogen and oxygen atoms in total. The zero-order valence-electron chi connectivity index (χ0n) is 14.4. The fourth-order valence-corrected chi connectivity index (χ4v) is 6.21. The lowest BCUT2D eigenvalue weighted by Gasteiger charge is -2.23. The predicted molar refractivity (Wildman–Crippen MR) is 104 cm³/mol. The molecule has 2 aliphatic heterocycles. The molecule has 7 heteroatoms. The van der Waals surface area contributed by atoms with Gasteiger partial charge in [0.05, 0.1) is 23.6 Å². The van der Waals surface area contributed by atoms with Gasteiger partial charge in [-0.15, -0.1) is 11.8 Å². The maximum Gasteiger partial charge on any atom is 0.325 e. The van der Waals surface area contributed by atoms with Crippen molar-refractivity contribution in [3.8, 4) is 0 Å². The van der Waals surface area contributed by atoms with E-state index in [1.54, 1.807) is 21.6 Å². The minimum atomic E-state index is -3.15. The van der Waals surface area contributed by atoms with E-state index in [0.29, 0.717) is 6.54 Å². The van der Waals surface area contributed by atoms with Crippen LogP contribution in [-0.4, -0.2) is 49.2 Å². The van der Waals surface area contributed by atoms with Crippen molar-refractivity contribution in [3.05, 3.63) is 60.2 Å². The van der Waals surface area contributed by atoms with Gasteiger partial charge in [-0.1, -0.05) is 36.4 Å². The predicted octanol–water partition coefficient (Wildman–Crippen LogP) is 3.02. The number of thioether (sulfide) groups is 1. The molecular formula is C19H20N2O3S2. The van der Waals surface area contributed by atoms with Gasteiger partial charge in [-0.25, -0.2) is 13.2 Å². The van der Waals surface area contributed by atoms with E-state index in [2.05, 4.69) is 0 Å². The Morgan fingerprint density at radius 1 is 1.04 bits per heavy atom. The molecule has 26 heavy (non-hydrogen) atoms. The number of hydrogen-bond donors (Lipinski definition) is 0. The summed E-state index contributed by atoms with van der Waals surface area (Å²) in [5.41, 5.74) is 1.77. The van der Waals surface area contributed by atoms with Crippen LogP contribution in [0.25, 0.3) is 0 Å². The number of carbonyl (C=O) groups excluding carboxylic acids is 1. The second-order valence-corrected chi connectivity index (χ2v) is 9.71. The molecule has 2 saturated heterocycles. The van der Waals surface area contributed by atoms with Gasteiger partial charge in [0.15, 0.2) is 9.84 Å². The normalized spacial score (nSPS) is 24.1. The van der Waals surface area contributed by atoms with Crippen LogP contribution < -0.4 is 4.90 Å². The highest BCUT2D eigenvalue weighted by Crippen LogP contribution is 2.36. The number of benzene rings is 2. The highest BCUT2D eigenvalue weighted by atomic mass is 32.2. The van der Waals surface area contributed by atoms with Crippen LogP contribution >= 0.6 is 11.8 Å². The Morgan fingerprint density at radius 2 is 1.77 bits per heavy atom. The molecule has 0 N–H and O–H groups in total. The van der Waals surface area contributed by atoms with Gasteiger partial charge in [0.2, 0.25) is 0 Å². The highest BCUT2D eigenvalue weighted by molar-refractivity contribution is 7.98. The lowest BCUT2D eigenvalue weighted by atomic mass is 10.1. The Kier molecular flexibility index (Phi) is 4.44. The third-order valence-electron chi connectivity index (χ3n) is 5.00. The summed E-state index contributed by atoms with van der Waals surface area (Å²) < 4.78 is 24.6. The molecule has 0 saturated carbocycles. The quantitative estimate of drug-likeness (QED) is 0.597. The van der Waals surface area contributed by atoms with Crippen molar-refractivity contribution in [1.29, 1.82) is 0 Å². The molecule has 2 aliphatic rings. The Bertz CT molecular complexity index is 931. The molecule has 0 unspecified atom stereocenters. The molecule has 2 heterocycles. The molecule has 0 bridgehead atoms. The van der Waals surface area contributed by atoms with Gasteiger partial charge in [0, 0.05) is 17.1 Å². The molecular weight excluding hydrogens is 368 g/mol. The van der Waals surface area contributed by atoms with Gasteiger partial charge in [0.25, 0.3) is 0 Å². The van der Waals surface area contributed by atoms with E-state index < -0.39 is 9.84 Å². The van der Waals surface area contributed by atoms with Crippen LogP contribution in [0.4, 0.5) is 10.5 Å². The molecule has 136 valence electrons. The molecule has 0 aliphatic carbocycles. The first kappa shape index (κ1) is 17.4. The second-order valence-electron chi connectivity index (χ2n) is 6.68. The van der Waals surface area contributed by atoms with Crippen molar-refractivity contribution in [2.24, 2.45) is 0 Å². The maximum absolute atomic E-state index is 13.2. The lowest BCUT2D eigenvalue weighted by molar-refractivity contribution is 0.206. The van der Waals surface area contributed by atoms with Crippen LogP contribution in [0, 0.1) is 0 Å². The van der Waals surface area contributed by atoms with Crippen LogP contribution in [0.1, 0.15) is 5.56 Å². The van der Waals surface area contributed by atoms with Crippen LogP contribution in [0.5, 0.6) is 0 Å². The molecule has 0 spiro atoms. The summed E-state index contributed by atoms with van der Waals surface area (Å²) in [6, 6.07) is 16.7. The summed E-state index contributed by atoms with van der Waals surface area (Å²) >= 11 is 1.60. The lowest BCUT2D eigenvalue weighted by Crippen LogP contribution is -2.37. The molecule has 2 amide bonds. The summed E-state index contributed by atoms with van der Waals surface area (Å²) in [6.07, 6.45) is 1.98. The van der Waals surface area contributed by atoms with Crippen LogP contribution in [0.15, 0.2) is 59.5 Å². The third kappa shape index (κ3) is 3.10. The summed E-state index contributed by atoms with van der Waals surface area (Å²) in [6.45, 7) is 0.426. The monoisotopic (exact) mass is 388 g/mol. The zero-order chi connectivity index (χ0) is 18.3. The average Bonchev–Trinajstić information content (AvgIpc) is 3.06. The van der Waals surface area contributed by atoms with E-state index in [1.165, 1.54) is 0 Å². The number of sulfone groups is 1. The molecule has 2 atom stereocenters. The first-order valence-electron chi connectivity index (χ1n) is 8.47. The van der Waals surface area contributed by atoms with Crippen LogP contribution in [-0.2, 0) is 16.4 Å². The molecule has 2 aromatic carbocycles. The minimum absolute atomic E-state index is 0.0260. The van der Waals surface area contributed by atoms with Crippen LogP contribution in [0.3, 0.4) is 0 Å². The zero-order valence-corrected chi connectivity index (χ0v) is 16.0. The van der Waals surface area contributed by atoms with Gasteiger partial charge in [-0.2, -0.15) is 0 Å². The van der Waals surface area contributed by atoms with Gasteiger partial charge in [0.1, 0.15) is 0 Å². The van der Waals surface area contributed by atoms with Crippen molar-refractivity contribution >= 4 is 33.3 Å². The van der Waals surface area contributed by atoms with Crippen LogP contribution in [0.2, 0.25) is 0 Å². The number of fused-ring (bicyclic) bond motifs is 1. The van der Waals surface area contributed by atoms with Crippen molar-refractivity contribution in [2.45, 2.75) is 23.5 Å². The van der Waals surface area contributed by atoms with Crippen molar-refractivity contribution < 1.29 is 13.2 Å². The first-order chi connectivity index (χ1) is 12.5. The standard InChI is InChI=1S/C19H20N2O3S2/c1-25-16-9-5-8-15(10-16)21-18-13-26(23,24)12-17(18)20(19(21)22)11-14-6-3-2-4-7-14/h2-10,17-18H,11-13H2,1H3/t17-,18-/m0/s1. The van der Waals surface area contributed by atoms with E-state index >= 15 is 0 Å². The van der Waals surface area contributed by atoms with Gasteiger partial charge in [-0.3, -0.25) is 4.90 Å². The average molecular weight is 389 g/mol. The smallest absolute Gasteiger partial charge is 0.314 e. The SMILES string of the molecule is CSc1cccc(N2C(=O)N(Cc3ccccc3)[C@H]3CS(=O)(=O)C[C@@H]32)c1. The van der Waals surface area contributed by atoms with E-state index in [9.17, 15) is 13.2 Å². The summed E-state index contributed by atoms with van der Waals surface area (Å²) in [5.74, 6) is 0.0626. The van der Waals surface area contributed by atoms with E-state index in [1.807, 2.05) is 60.9 Å². The third-order valence-corrected chi connectivity index (χ3v) is 7.43. The van der Waals surface area contributed by atoms with Gasteiger partial charge >= 0.3 is 6.03 Å². The Labute approximate surface area is 157 Å². The maximum atomic E-state index is 13.2. The van der Waals surface area contributed by atoms with Crippen molar-refractivity contribution in [1.82, 2.24) is 4.90 Å². The fourth-order valence-electron chi connectivity index (χ4n) is 3.80. The Balaban J connectivity index is 1.71. The van der Waals surface area contributed by atoms with Gasteiger partial charge < -0.3 is 4.90 Å². The van der Waals surface area contributed by atoms with E-state index in [0.717, 1.165) is 16.1 Å². The van der Waals surface area contributed by atoms with Gasteiger partial charge in [-0.05, 0) is 30.0 Å². The summed E-state index contributed by atoms with van der Waals surface area (Å²) in [5, 5.41) is 0. The number of urea groups is 1. The second kappa shape index (κ2) is 6.63. The first-order valence-corrected chi connectivity index (χ1v) is 11.5. The number of carbonyl (C=O) groups is 1. The summed E-state index contributed by atoms with van der Waals surface area (Å²) in [7, 11) is -3.15. The topological polar surface area (TPSA) is 57.7 Å². The number of rotatable bonds is 4. The molecule has 0 radical (unpaired) electrons. The van der Waals surface area contributed by atoms with Crippen molar-refractivity contribution in [2.75, 3.05) is 22.7 Å². The Hall–Kier alpha value is -1.99. The Morgan fingerprint density at radius 3 is 2.50 bits per heavy atom. The molecule has 0 aromatic heterocycles. The fraction of sp³-hybridized carbons (Fsp3) is 0.316. The minimum Gasteiger partial charge on any atom is -0.314 e. The number of anilines is 1. The molecule has 2 aromatic rings. The number of nitrogens with zero attached hydrogens (tertiary/aromatic N) is 2. The van der Waals surface area contributed by atoms with Crippen molar-refractivity contribution in [3.63, 3.8) is 0 Å². The number of hydrogen-bond acceptors (Lipinski definition) is 4. The summed E-state index contributed by atoms with van der Waals surface area (Å²) in [4.78, 5) is 17.6. The molecule has 4 rings (SSSR count). The molecule has 2 fully saturated rings. The highest BCUT2D eigenvalue weighted by Gasteiger charge is 2.53. The van der Waals surface area contributed by atoms with E-state index in [-0.39, 0.29) is 29.6 Å².